The SMILES string of the molecule is N=CC(C=O)(c1ccccc1)c1cccc(C=O)c1C=O.O=C(c1ccccc1)c1ccccc1. The summed E-state index contributed by atoms with van der Waals surface area (Å²) in [5, 5.41) is 7.72. The van der Waals surface area contributed by atoms with E-state index in [1.54, 1.807) is 42.5 Å². The molecule has 1 atom stereocenters. The third-order valence-corrected chi connectivity index (χ3v) is 5.57. The quantitative estimate of drug-likeness (QED) is 0.217. The number of aldehydes is 3. The molecule has 0 amide bonds. The molecule has 0 aromatic heterocycles. The van der Waals surface area contributed by atoms with E-state index in [0.717, 1.165) is 17.3 Å². The maximum absolute atomic E-state index is 11.8. The average Bonchev–Trinajstić information content (AvgIpc) is 2.95. The highest BCUT2D eigenvalue weighted by Crippen LogP contribution is 2.31. The first-order valence-corrected chi connectivity index (χ1v) is 10.8. The number of carbonyl (C=O) groups is 4. The van der Waals surface area contributed by atoms with E-state index in [1.807, 2.05) is 60.7 Å². The third-order valence-electron chi connectivity index (χ3n) is 5.57. The molecule has 0 aliphatic rings. The van der Waals surface area contributed by atoms with Gasteiger partial charge in [0.1, 0.15) is 11.7 Å². The average molecular weight is 462 g/mol. The Morgan fingerprint density at radius 2 is 1.14 bits per heavy atom. The van der Waals surface area contributed by atoms with Gasteiger partial charge in [-0.3, -0.25) is 14.4 Å². The lowest BCUT2D eigenvalue weighted by atomic mass is 9.74. The molecular formula is C30H23NO4. The molecule has 5 heteroatoms. The van der Waals surface area contributed by atoms with Crippen LogP contribution in [0.15, 0.2) is 109 Å². The van der Waals surface area contributed by atoms with Gasteiger partial charge in [-0.05, 0) is 11.1 Å². The highest BCUT2D eigenvalue weighted by Gasteiger charge is 2.34. The number of hydrogen-bond acceptors (Lipinski definition) is 5. The topological polar surface area (TPSA) is 92.1 Å². The van der Waals surface area contributed by atoms with Crippen LogP contribution in [0.2, 0.25) is 0 Å². The van der Waals surface area contributed by atoms with Crippen molar-refractivity contribution in [3.63, 3.8) is 0 Å². The fraction of sp³-hybridized carbons (Fsp3) is 0.0333. The molecule has 0 bridgehead atoms. The van der Waals surface area contributed by atoms with Crippen molar-refractivity contribution in [2.45, 2.75) is 5.41 Å². The molecular weight excluding hydrogens is 438 g/mol. The third kappa shape index (κ3) is 5.42. The number of ketones is 1. The van der Waals surface area contributed by atoms with E-state index in [4.69, 9.17) is 5.41 Å². The second kappa shape index (κ2) is 11.9. The summed E-state index contributed by atoms with van der Waals surface area (Å²) in [6, 6.07) is 32.0. The van der Waals surface area contributed by atoms with E-state index in [9.17, 15) is 19.2 Å². The van der Waals surface area contributed by atoms with Crippen LogP contribution in [-0.2, 0) is 10.2 Å². The van der Waals surface area contributed by atoms with Gasteiger partial charge in [0.05, 0.1) is 0 Å². The monoisotopic (exact) mass is 461 g/mol. The van der Waals surface area contributed by atoms with E-state index >= 15 is 0 Å². The van der Waals surface area contributed by atoms with Crippen molar-refractivity contribution in [3.8, 4) is 0 Å². The van der Waals surface area contributed by atoms with Gasteiger partial charge in [0.15, 0.2) is 18.4 Å². The summed E-state index contributed by atoms with van der Waals surface area (Å²) in [5.74, 6) is 0.0752. The first-order chi connectivity index (χ1) is 17.1. The summed E-state index contributed by atoms with van der Waals surface area (Å²) in [6.45, 7) is 0. The molecule has 0 aliphatic carbocycles. The Labute approximate surface area is 203 Å². The van der Waals surface area contributed by atoms with Gasteiger partial charge in [-0.15, -0.1) is 0 Å². The zero-order valence-corrected chi connectivity index (χ0v) is 18.8. The zero-order chi connectivity index (χ0) is 25.1. The van der Waals surface area contributed by atoms with Gasteiger partial charge in [-0.25, -0.2) is 0 Å². The summed E-state index contributed by atoms with van der Waals surface area (Å²) in [7, 11) is 0. The standard InChI is InChI=1S/C17H13NO3.C13H10O/c18-11-17(12-21,14-6-2-1-3-7-14)16-8-4-5-13(9-19)15(16)10-20;14-13(11-7-3-1-4-8-11)12-9-5-2-6-10-12/h1-12,18H;1-10H. The van der Waals surface area contributed by atoms with Crippen molar-refractivity contribution in [1.82, 2.24) is 0 Å². The molecule has 1 unspecified atom stereocenters. The number of rotatable bonds is 8. The molecule has 5 nitrogen and oxygen atoms in total. The van der Waals surface area contributed by atoms with Crippen molar-refractivity contribution in [1.29, 1.82) is 5.41 Å². The Morgan fingerprint density at radius 3 is 1.57 bits per heavy atom. The molecule has 0 radical (unpaired) electrons. The van der Waals surface area contributed by atoms with Crippen LogP contribution in [-0.4, -0.2) is 30.9 Å². The maximum Gasteiger partial charge on any atom is 0.193 e. The Kier molecular flexibility index (Phi) is 8.46. The Morgan fingerprint density at radius 1 is 0.629 bits per heavy atom. The summed E-state index contributed by atoms with van der Waals surface area (Å²) in [4.78, 5) is 46.1. The minimum Gasteiger partial charge on any atom is -0.311 e. The molecule has 4 aromatic carbocycles. The molecule has 0 heterocycles. The normalized spacial score (nSPS) is 11.7. The number of nitrogens with one attached hydrogen (secondary N) is 1. The van der Waals surface area contributed by atoms with E-state index in [2.05, 4.69) is 0 Å². The minimum atomic E-state index is -1.38. The van der Waals surface area contributed by atoms with Crippen LogP contribution in [0.25, 0.3) is 0 Å². The first-order valence-electron chi connectivity index (χ1n) is 10.8. The van der Waals surface area contributed by atoms with Gasteiger partial charge < -0.3 is 10.2 Å². The van der Waals surface area contributed by atoms with Crippen LogP contribution in [0.1, 0.15) is 47.8 Å². The lowest BCUT2D eigenvalue weighted by Crippen LogP contribution is -2.32. The largest absolute Gasteiger partial charge is 0.311 e. The first kappa shape index (κ1) is 24.9. The van der Waals surface area contributed by atoms with E-state index in [0.29, 0.717) is 30.0 Å². The number of benzene rings is 4. The Balaban J connectivity index is 0.000000211. The summed E-state index contributed by atoms with van der Waals surface area (Å²) in [5.41, 5.74) is 1.33. The van der Waals surface area contributed by atoms with E-state index in [-0.39, 0.29) is 16.9 Å². The highest BCUT2D eigenvalue weighted by atomic mass is 16.1. The predicted octanol–water partition coefficient (Wildman–Crippen LogP) is 5.36. The predicted molar refractivity (Wildman–Crippen MR) is 136 cm³/mol. The summed E-state index contributed by atoms with van der Waals surface area (Å²) < 4.78 is 0. The molecule has 172 valence electrons. The van der Waals surface area contributed by atoms with Crippen LogP contribution in [0.4, 0.5) is 0 Å². The fourth-order valence-corrected chi connectivity index (χ4v) is 3.72. The smallest absolute Gasteiger partial charge is 0.193 e. The second-order valence-electron chi connectivity index (χ2n) is 7.60. The molecule has 0 aliphatic heterocycles. The van der Waals surface area contributed by atoms with Crippen molar-refractivity contribution >= 4 is 30.9 Å². The van der Waals surface area contributed by atoms with E-state index in [1.165, 1.54) is 6.07 Å². The molecule has 4 rings (SSSR count). The second-order valence-corrected chi connectivity index (χ2v) is 7.60. The molecule has 1 N–H and O–H groups in total. The van der Waals surface area contributed by atoms with Crippen LogP contribution >= 0.6 is 0 Å². The molecule has 0 spiro atoms. The fourth-order valence-electron chi connectivity index (χ4n) is 3.72. The lowest BCUT2D eigenvalue weighted by molar-refractivity contribution is -0.109. The minimum absolute atomic E-state index is 0.0752. The molecule has 0 saturated heterocycles. The van der Waals surface area contributed by atoms with Gasteiger partial charge >= 0.3 is 0 Å². The van der Waals surface area contributed by atoms with E-state index < -0.39 is 5.41 Å². The van der Waals surface area contributed by atoms with Gasteiger partial charge in [-0.2, -0.15) is 0 Å². The van der Waals surface area contributed by atoms with Crippen LogP contribution in [0.5, 0.6) is 0 Å². The highest BCUT2D eigenvalue weighted by molar-refractivity contribution is 6.08. The maximum atomic E-state index is 11.8. The van der Waals surface area contributed by atoms with Crippen LogP contribution in [0.3, 0.4) is 0 Å². The number of hydrogen-bond donors (Lipinski definition) is 1. The van der Waals surface area contributed by atoms with Crippen molar-refractivity contribution in [2.75, 3.05) is 0 Å². The van der Waals surface area contributed by atoms with Gasteiger partial charge in [-0.1, -0.05) is 109 Å². The lowest BCUT2D eigenvalue weighted by Gasteiger charge is -2.26. The zero-order valence-electron chi connectivity index (χ0n) is 18.8. The van der Waals surface area contributed by atoms with Crippen molar-refractivity contribution < 1.29 is 19.2 Å². The van der Waals surface area contributed by atoms with Gasteiger partial charge in [0.25, 0.3) is 0 Å². The molecule has 4 aromatic rings. The van der Waals surface area contributed by atoms with Gasteiger partial charge in [0.2, 0.25) is 0 Å². The molecule has 0 fully saturated rings. The number of carbonyl (C=O) groups excluding carboxylic acids is 4. The van der Waals surface area contributed by atoms with Crippen LogP contribution in [0, 0.1) is 5.41 Å². The van der Waals surface area contributed by atoms with Crippen LogP contribution < -0.4 is 0 Å². The Hall–Kier alpha value is -4.77. The van der Waals surface area contributed by atoms with Gasteiger partial charge in [0, 0.05) is 28.5 Å². The molecule has 0 saturated carbocycles. The van der Waals surface area contributed by atoms with Crippen molar-refractivity contribution in [3.05, 3.63) is 143 Å². The summed E-state index contributed by atoms with van der Waals surface area (Å²) >= 11 is 0. The molecule has 35 heavy (non-hydrogen) atoms. The van der Waals surface area contributed by atoms with Crippen molar-refractivity contribution in [2.24, 2.45) is 0 Å². The summed E-state index contributed by atoms with van der Waals surface area (Å²) in [6.07, 6.45) is 2.72. The Bertz CT molecular complexity index is 1270.